The number of aromatic nitrogens is 2. The Morgan fingerprint density at radius 2 is 1.17 bits per heavy atom. The minimum Gasteiger partial charge on any atom is -0.456 e. The maximum Gasteiger partial charge on any atom is 0.144 e. The van der Waals surface area contributed by atoms with Gasteiger partial charge in [-0.15, -0.1) is 0 Å². The molecule has 7 nitrogen and oxygen atoms in total. The highest BCUT2D eigenvalue weighted by Gasteiger charge is 2.27. The summed E-state index contributed by atoms with van der Waals surface area (Å²) in [6, 6.07) is 41.5. The van der Waals surface area contributed by atoms with Crippen LogP contribution in [0.5, 0.6) is 0 Å². The standard InChI is InChI=1S/C56H64N6O/c1-42(2)50-38-51-49-26-16-17-27-52(49)63-55(51)53(43(3)4)54(50)62-48(39-57-56(62)45-21-11-8-12-22-45)25-13-7-5-6-10-20-44-28-30-47(31-29-44)61-37-35-59(41-61)33-19-18-32-58-34-36-60(40-58)46-23-14-9-15-24-46/h8-9,11-12,14-17,21-24,26-31,34-39,42-43H,5-7,10,13,18-20,25,32-33,40-41H2,1-4H3. The summed E-state index contributed by atoms with van der Waals surface area (Å²) in [4.78, 5) is 14.7. The molecule has 5 aromatic carbocycles. The van der Waals surface area contributed by atoms with E-state index in [2.05, 4.69) is 198 Å². The average Bonchev–Trinajstić information content (AvgIpc) is 4.14. The van der Waals surface area contributed by atoms with Gasteiger partial charge in [0.1, 0.15) is 17.0 Å². The van der Waals surface area contributed by atoms with E-state index < -0.39 is 0 Å². The van der Waals surface area contributed by atoms with Crippen LogP contribution in [0.2, 0.25) is 0 Å². The summed E-state index contributed by atoms with van der Waals surface area (Å²) in [5.41, 5.74) is 12.2. The van der Waals surface area contributed by atoms with Gasteiger partial charge < -0.3 is 24.0 Å². The Kier molecular flexibility index (Phi) is 13.0. The number of benzene rings is 5. The molecule has 0 aliphatic carbocycles. The summed E-state index contributed by atoms with van der Waals surface area (Å²) in [6.45, 7) is 13.3. The van der Waals surface area contributed by atoms with Gasteiger partial charge in [0.05, 0.1) is 19.0 Å². The third-order valence-electron chi connectivity index (χ3n) is 13.0. The third kappa shape index (κ3) is 9.44. The third-order valence-corrected chi connectivity index (χ3v) is 13.0. The molecule has 7 heteroatoms. The molecule has 63 heavy (non-hydrogen) atoms. The number of imidazole rings is 1. The van der Waals surface area contributed by atoms with Crippen molar-refractivity contribution in [2.75, 3.05) is 36.2 Å². The minimum atomic E-state index is 0.260. The van der Waals surface area contributed by atoms with E-state index in [1.54, 1.807) is 0 Å². The molecule has 0 atom stereocenters. The van der Waals surface area contributed by atoms with Gasteiger partial charge in [-0.1, -0.05) is 126 Å². The molecule has 7 aromatic rings. The highest BCUT2D eigenvalue weighted by molar-refractivity contribution is 6.07. The first-order valence-corrected chi connectivity index (χ1v) is 23.5. The molecule has 0 radical (unpaired) electrons. The van der Waals surface area contributed by atoms with E-state index in [0.717, 1.165) is 68.2 Å². The van der Waals surface area contributed by atoms with Crippen molar-refractivity contribution in [1.29, 1.82) is 0 Å². The topological polar surface area (TPSA) is 43.9 Å². The number of hydrogen-bond donors (Lipinski definition) is 0. The van der Waals surface area contributed by atoms with Crippen molar-refractivity contribution in [1.82, 2.24) is 19.4 Å². The lowest BCUT2D eigenvalue weighted by molar-refractivity contribution is 0.354. The number of nitrogens with zero attached hydrogens (tertiary/aromatic N) is 6. The highest BCUT2D eigenvalue weighted by Crippen LogP contribution is 2.43. The Balaban J connectivity index is 0.760. The van der Waals surface area contributed by atoms with Gasteiger partial charge in [0, 0.05) is 83.1 Å². The van der Waals surface area contributed by atoms with Gasteiger partial charge in [0.2, 0.25) is 0 Å². The van der Waals surface area contributed by atoms with Crippen molar-refractivity contribution >= 4 is 33.3 Å². The van der Waals surface area contributed by atoms with E-state index in [9.17, 15) is 0 Å². The summed E-state index contributed by atoms with van der Waals surface area (Å²) < 4.78 is 9.19. The maximum atomic E-state index is 6.70. The van der Waals surface area contributed by atoms with Crippen LogP contribution in [0, 0.1) is 0 Å². The Hall–Kier alpha value is -6.21. The first-order valence-electron chi connectivity index (χ1n) is 23.5. The fraction of sp³-hybridized carbons (Fsp3) is 0.339. The molecule has 2 aliphatic heterocycles. The molecule has 2 aromatic heterocycles. The SMILES string of the molecule is CC(C)c1cc2c(oc3ccccc32)c(C(C)C)c1-n1c(CCCCCCCc2ccc(N3C=CN(CCCCN4C=CN(c5ccccc5)C4)C3)cc2)cnc1-c1ccccc1. The molecule has 0 unspecified atom stereocenters. The molecule has 0 spiro atoms. The number of anilines is 2. The Bertz CT molecular complexity index is 2640. The van der Waals surface area contributed by atoms with Crippen molar-refractivity contribution < 1.29 is 4.42 Å². The smallest absolute Gasteiger partial charge is 0.144 e. The summed E-state index contributed by atoms with van der Waals surface area (Å²) in [5.74, 6) is 1.59. The van der Waals surface area contributed by atoms with Crippen LogP contribution >= 0.6 is 0 Å². The van der Waals surface area contributed by atoms with Crippen LogP contribution in [0.3, 0.4) is 0 Å². The fourth-order valence-corrected chi connectivity index (χ4v) is 9.55. The van der Waals surface area contributed by atoms with Crippen LogP contribution in [-0.2, 0) is 12.8 Å². The molecule has 4 heterocycles. The van der Waals surface area contributed by atoms with E-state index in [-0.39, 0.29) is 5.92 Å². The zero-order valence-electron chi connectivity index (χ0n) is 37.8. The highest BCUT2D eigenvalue weighted by atomic mass is 16.3. The van der Waals surface area contributed by atoms with Gasteiger partial charge in [-0.25, -0.2) is 4.98 Å². The summed E-state index contributed by atoms with van der Waals surface area (Å²) in [7, 11) is 0. The molecule has 324 valence electrons. The second kappa shape index (κ2) is 19.5. The van der Waals surface area contributed by atoms with E-state index >= 15 is 0 Å². The predicted molar refractivity (Wildman–Crippen MR) is 263 cm³/mol. The van der Waals surface area contributed by atoms with Gasteiger partial charge in [-0.2, -0.15) is 0 Å². The van der Waals surface area contributed by atoms with Crippen molar-refractivity contribution in [2.45, 2.75) is 97.3 Å². The second-order valence-corrected chi connectivity index (χ2v) is 18.2. The lowest BCUT2D eigenvalue weighted by atomic mass is 9.89. The molecule has 0 saturated carbocycles. The Labute approximate surface area is 374 Å². The molecule has 0 saturated heterocycles. The van der Waals surface area contributed by atoms with Gasteiger partial charge in [-0.05, 0) is 97.9 Å². The van der Waals surface area contributed by atoms with Crippen LogP contribution in [0.4, 0.5) is 11.4 Å². The monoisotopic (exact) mass is 837 g/mol. The van der Waals surface area contributed by atoms with Crippen LogP contribution < -0.4 is 9.80 Å². The molecule has 0 fully saturated rings. The van der Waals surface area contributed by atoms with Crippen LogP contribution in [0.15, 0.2) is 151 Å². The number of rotatable bonds is 19. The van der Waals surface area contributed by atoms with E-state index in [4.69, 9.17) is 9.40 Å². The summed E-state index contributed by atoms with van der Waals surface area (Å²) in [6.07, 6.45) is 21.6. The first kappa shape index (κ1) is 42.1. The fourth-order valence-electron chi connectivity index (χ4n) is 9.55. The average molecular weight is 837 g/mol. The van der Waals surface area contributed by atoms with Crippen LogP contribution in [0.25, 0.3) is 39.0 Å². The zero-order chi connectivity index (χ0) is 43.1. The zero-order valence-corrected chi connectivity index (χ0v) is 37.8. The van der Waals surface area contributed by atoms with E-state index in [1.807, 2.05) is 0 Å². The van der Waals surface area contributed by atoms with Crippen molar-refractivity contribution in [3.63, 3.8) is 0 Å². The predicted octanol–water partition coefficient (Wildman–Crippen LogP) is 14.0. The van der Waals surface area contributed by atoms with Crippen molar-refractivity contribution in [3.05, 3.63) is 169 Å². The van der Waals surface area contributed by atoms with E-state index in [1.165, 1.54) is 88.7 Å². The van der Waals surface area contributed by atoms with Gasteiger partial charge in [0.25, 0.3) is 0 Å². The molecule has 0 bridgehead atoms. The first-order chi connectivity index (χ1) is 30.9. The Morgan fingerprint density at radius 1 is 0.571 bits per heavy atom. The normalized spacial score (nSPS) is 14.0. The van der Waals surface area contributed by atoms with Crippen LogP contribution in [-0.4, -0.2) is 45.8 Å². The van der Waals surface area contributed by atoms with Crippen molar-refractivity contribution in [2.24, 2.45) is 0 Å². The quantitative estimate of drug-likeness (QED) is 0.0756. The second-order valence-electron chi connectivity index (χ2n) is 18.2. The lowest BCUT2D eigenvalue weighted by Crippen LogP contribution is -2.27. The van der Waals surface area contributed by atoms with Crippen molar-refractivity contribution in [3.8, 4) is 17.1 Å². The molecule has 0 amide bonds. The number of furan rings is 1. The molecule has 2 aliphatic rings. The minimum absolute atomic E-state index is 0.260. The molecular formula is C56H64N6O. The largest absolute Gasteiger partial charge is 0.456 e. The number of aryl methyl sites for hydroxylation is 2. The van der Waals surface area contributed by atoms with Gasteiger partial charge in [0.15, 0.2) is 0 Å². The number of unbranched alkanes of at least 4 members (excludes halogenated alkanes) is 5. The van der Waals surface area contributed by atoms with Gasteiger partial charge in [-0.3, -0.25) is 4.57 Å². The Morgan fingerprint density at radius 3 is 1.84 bits per heavy atom. The summed E-state index contributed by atoms with van der Waals surface area (Å²) in [5, 5.41) is 2.39. The molecular weight excluding hydrogens is 773 g/mol. The number of hydrogen-bond acceptors (Lipinski definition) is 6. The van der Waals surface area contributed by atoms with Crippen LogP contribution in [0.1, 0.15) is 107 Å². The maximum absolute atomic E-state index is 6.70. The molecule has 0 N–H and O–H groups in total. The summed E-state index contributed by atoms with van der Waals surface area (Å²) >= 11 is 0. The number of fused-ring (bicyclic) bond motifs is 3. The molecule has 9 rings (SSSR count). The lowest BCUT2D eigenvalue weighted by Gasteiger charge is -2.24. The van der Waals surface area contributed by atoms with Gasteiger partial charge >= 0.3 is 0 Å². The van der Waals surface area contributed by atoms with E-state index in [0.29, 0.717) is 5.92 Å². The number of para-hydroxylation sites is 2.